The quantitative estimate of drug-likeness (QED) is 0.675. The molecule has 1 fully saturated rings. The van der Waals surface area contributed by atoms with E-state index in [2.05, 4.69) is 33.0 Å². The second-order valence-corrected chi connectivity index (χ2v) is 6.53. The summed E-state index contributed by atoms with van der Waals surface area (Å²) >= 11 is 0. The molecule has 0 bridgehead atoms. The first kappa shape index (κ1) is 15.0. The van der Waals surface area contributed by atoms with E-state index in [1.807, 2.05) is 0 Å². The summed E-state index contributed by atoms with van der Waals surface area (Å²) in [5.41, 5.74) is 0. The van der Waals surface area contributed by atoms with E-state index in [1.165, 1.54) is 51.4 Å². The molecule has 1 saturated carbocycles. The molecule has 1 nitrogen and oxygen atoms in total. The molecule has 0 aromatic carbocycles. The normalized spacial score (nSPS) is 27.4. The molecular weight excluding hydrogens is 206 g/mol. The van der Waals surface area contributed by atoms with Crippen molar-refractivity contribution in [2.75, 3.05) is 0 Å². The van der Waals surface area contributed by atoms with Crippen LogP contribution in [-0.4, -0.2) is 12.1 Å². The zero-order valence-electron chi connectivity index (χ0n) is 12.5. The molecule has 1 rings (SSSR count). The molecule has 0 aromatic heterocycles. The maximum Gasteiger partial charge on any atom is 0.00721 e. The Hall–Kier alpha value is -0.0400. The SMILES string of the molecule is CCC1CCCC(NC(C)CCCC(C)C)C1. The van der Waals surface area contributed by atoms with E-state index in [-0.39, 0.29) is 0 Å². The van der Waals surface area contributed by atoms with Gasteiger partial charge in [-0.2, -0.15) is 0 Å². The Kier molecular flexibility index (Phi) is 7.18. The van der Waals surface area contributed by atoms with Crippen molar-refractivity contribution in [1.82, 2.24) is 5.32 Å². The fourth-order valence-electron chi connectivity index (χ4n) is 3.13. The second-order valence-electron chi connectivity index (χ2n) is 6.53. The first-order valence-corrected chi connectivity index (χ1v) is 7.87. The third kappa shape index (κ3) is 6.45. The molecule has 0 radical (unpaired) electrons. The molecule has 3 atom stereocenters. The minimum Gasteiger partial charge on any atom is -0.311 e. The third-order valence-corrected chi connectivity index (χ3v) is 4.30. The van der Waals surface area contributed by atoms with E-state index in [4.69, 9.17) is 0 Å². The van der Waals surface area contributed by atoms with E-state index in [0.29, 0.717) is 6.04 Å². The van der Waals surface area contributed by atoms with Crippen LogP contribution in [-0.2, 0) is 0 Å². The summed E-state index contributed by atoms with van der Waals surface area (Å²) in [7, 11) is 0. The highest BCUT2D eigenvalue weighted by molar-refractivity contribution is 4.79. The summed E-state index contributed by atoms with van der Waals surface area (Å²) in [6, 6.07) is 1.53. The second kappa shape index (κ2) is 8.13. The van der Waals surface area contributed by atoms with E-state index in [1.54, 1.807) is 0 Å². The van der Waals surface area contributed by atoms with Crippen molar-refractivity contribution in [2.45, 2.75) is 91.1 Å². The van der Waals surface area contributed by atoms with Crippen molar-refractivity contribution in [2.24, 2.45) is 11.8 Å². The third-order valence-electron chi connectivity index (χ3n) is 4.30. The Labute approximate surface area is 109 Å². The first-order chi connectivity index (χ1) is 8.11. The van der Waals surface area contributed by atoms with Gasteiger partial charge in [-0.15, -0.1) is 0 Å². The molecule has 0 heterocycles. The molecule has 1 heteroatoms. The van der Waals surface area contributed by atoms with Crippen molar-refractivity contribution in [3.63, 3.8) is 0 Å². The van der Waals surface area contributed by atoms with Gasteiger partial charge in [0, 0.05) is 12.1 Å². The monoisotopic (exact) mass is 239 g/mol. The lowest BCUT2D eigenvalue weighted by Crippen LogP contribution is -2.39. The van der Waals surface area contributed by atoms with E-state index in [9.17, 15) is 0 Å². The maximum atomic E-state index is 3.86. The van der Waals surface area contributed by atoms with E-state index in [0.717, 1.165) is 17.9 Å². The van der Waals surface area contributed by atoms with E-state index < -0.39 is 0 Å². The zero-order chi connectivity index (χ0) is 12.7. The molecule has 0 aromatic rings. The van der Waals surface area contributed by atoms with Gasteiger partial charge in [-0.25, -0.2) is 0 Å². The summed E-state index contributed by atoms with van der Waals surface area (Å²) in [6.07, 6.45) is 11.2. The average molecular weight is 239 g/mol. The van der Waals surface area contributed by atoms with Crippen molar-refractivity contribution in [1.29, 1.82) is 0 Å². The predicted molar refractivity (Wildman–Crippen MR) is 77.3 cm³/mol. The smallest absolute Gasteiger partial charge is 0.00721 e. The Balaban J connectivity index is 2.14. The lowest BCUT2D eigenvalue weighted by Gasteiger charge is -2.31. The van der Waals surface area contributed by atoms with Gasteiger partial charge >= 0.3 is 0 Å². The molecule has 102 valence electrons. The standard InChI is InChI=1S/C16H33N/c1-5-15-10-7-11-16(12-15)17-14(4)9-6-8-13(2)3/h13-17H,5-12H2,1-4H3. The molecule has 1 aliphatic carbocycles. The van der Waals surface area contributed by atoms with Crippen LogP contribution in [0.15, 0.2) is 0 Å². The number of rotatable bonds is 7. The van der Waals surface area contributed by atoms with Crippen molar-refractivity contribution >= 4 is 0 Å². The molecule has 0 amide bonds. The summed E-state index contributed by atoms with van der Waals surface area (Å²) in [5.74, 6) is 1.85. The number of hydrogen-bond acceptors (Lipinski definition) is 1. The van der Waals surface area contributed by atoms with Crippen molar-refractivity contribution in [3.8, 4) is 0 Å². The topological polar surface area (TPSA) is 12.0 Å². The fourth-order valence-corrected chi connectivity index (χ4v) is 3.13. The highest BCUT2D eigenvalue weighted by atomic mass is 14.9. The molecule has 0 spiro atoms. The van der Waals surface area contributed by atoms with Gasteiger partial charge in [0.1, 0.15) is 0 Å². The minimum absolute atomic E-state index is 0.717. The van der Waals surface area contributed by atoms with Gasteiger partial charge in [-0.3, -0.25) is 0 Å². The Bertz CT molecular complexity index is 188. The highest BCUT2D eigenvalue weighted by Crippen LogP contribution is 2.27. The summed E-state index contributed by atoms with van der Waals surface area (Å²) < 4.78 is 0. The molecule has 0 saturated heterocycles. The summed E-state index contributed by atoms with van der Waals surface area (Å²) in [6.45, 7) is 9.37. The van der Waals surface area contributed by atoms with Gasteiger partial charge in [0.25, 0.3) is 0 Å². The minimum atomic E-state index is 0.717. The first-order valence-electron chi connectivity index (χ1n) is 7.87. The zero-order valence-corrected chi connectivity index (χ0v) is 12.5. The van der Waals surface area contributed by atoms with Crippen LogP contribution in [0.1, 0.15) is 79.1 Å². The van der Waals surface area contributed by atoms with Gasteiger partial charge < -0.3 is 5.32 Å². The predicted octanol–water partition coefficient (Wildman–Crippen LogP) is 4.76. The van der Waals surface area contributed by atoms with Crippen LogP contribution in [0.5, 0.6) is 0 Å². The van der Waals surface area contributed by atoms with Crippen LogP contribution in [0.25, 0.3) is 0 Å². The van der Waals surface area contributed by atoms with Crippen molar-refractivity contribution in [3.05, 3.63) is 0 Å². The highest BCUT2D eigenvalue weighted by Gasteiger charge is 2.21. The van der Waals surface area contributed by atoms with Crippen LogP contribution < -0.4 is 5.32 Å². The van der Waals surface area contributed by atoms with Crippen molar-refractivity contribution < 1.29 is 0 Å². The molecule has 1 aliphatic rings. The molecule has 17 heavy (non-hydrogen) atoms. The van der Waals surface area contributed by atoms with Crippen LogP contribution >= 0.6 is 0 Å². The number of nitrogens with one attached hydrogen (secondary N) is 1. The summed E-state index contributed by atoms with van der Waals surface area (Å²) in [5, 5.41) is 3.86. The largest absolute Gasteiger partial charge is 0.311 e. The Morgan fingerprint density at radius 3 is 2.53 bits per heavy atom. The van der Waals surface area contributed by atoms with E-state index >= 15 is 0 Å². The van der Waals surface area contributed by atoms with Gasteiger partial charge in [0.2, 0.25) is 0 Å². The Morgan fingerprint density at radius 1 is 1.12 bits per heavy atom. The Morgan fingerprint density at radius 2 is 1.88 bits per heavy atom. The lowest BCUT2D eigenvalue weighted by atomic mass is 9.84. The van der Waals surface area contributed by atoms with Crippen LogP contribution in [0.4, 0.5) is 0 Å². The lowest BCUT2D eigenvalue weighted by molar-refractivity contribution is 0.260. The van der Waals surface area contributed by atoms with Gasteiger partial charge in [-0.05, 0) is 38.0 Å². The van der Waals surface area contributed by atoms with Gasteiger partial charge in [-0.1, -0.05) is 52.9 Å². The van der Waals surface area contributed by atoms with Gasteiger partial charge in [0.15, 0.2) is 0 Å². The number of hydrogen-bond donors (Lipinski definition) is 1. The summed E-state index contributed by atoms with van der Waals surface area (Å²) in [4.78, 5) is 0. The fraction of sp³-hybridized carbons (Fsp3) is 1.00. The van der Waals surface area contributed by atoms with Crippen LogP contribution in [0, 0.1) is 11.8 Å². The molecular formula is C16H33N. The molecule has 0 aliphatic heterocycles. The maximum absolute atomic E-state index is 3.86. The molecule has 1 N–H and O–H groups in total. The average Bonchev–Trinajstić information content (AvgIpc) is 2.28. The molecule has 3 unspecified atom stereocenters. The van der Waals surface area contributed by atoms with Crippen LogP contribution in [0.2, 0.25) is 0 Å². The van der Waals surface area contributed by atoms with Gasteiger partial charge in [0.05, 0.1) is 0 Å². The van der Waals surface area contributed by atoms with Crippen LogP contribution in [0.3, 0.4) is 0 Å².